The van der Waals surface area contributed by atoms with Crippen LogP contribution >= 0.6 is 11.3 Å². The van der Waals surface area contributed by atoms with E-state index in [4.69, 9.17) is 0 Å². The summed E-state index contributed by atoms with van der Waals surface area (Å²) in [6, 6.07) is 17.6. The van der Waals surface area contributed by atoms with Crippen molar-refractivity contribution >= 4 is 23.1 Å². The molecule has 10 heteroatoms. The van der Waals surface area contributed by atoms with Crippen LogP contribution < -0.4 is 10.9 Å². The van der Waals surface area contributed by atoms with Gasteiger partial charge in [-0.2, -0.15) is 9.78 Å². The number of anilines is 1. The first-order valence-corrected chi connectivity index (χ1v) is 11.8. The minimum Gasteiger partial charge on any atom is -0.306 e. The first-order chi connectivity index (χ1) is 17.4. The number of amides is 1. The van der Waals surface area contributed by atoms with Crippen LogP contribution in [0.4, 0.5) is 14.6 Å². The van der Waals surface area contributed by atoms with Crippen molar-refractivity contribution in [1.29, 1.82) is 0 Å². The van der Waals surface area contributed by atoms with Crippen LogP contribution in [-0.4, -0.2) is 25.7 Å². The molecule has 0 radical (unpaired) electrons. The van der Waals surface area contributed by atoms with Gasteiger partial charge in [-0.3, -0.25) is 14.6 Å². The smallest absolute Gasteiger partial charge is 0.259 e. The molecule has 0 atom stereocenters. The summed E-state index contributed by atoms with van der Waals surface area (Å²) in [5.74, 6) is -2.34. The Kier molecular flexibility index (Phi) is 6.26. The maximum atomic E-state index is 14.2. The number of aryl methyl sites for hydroxylation is 1. The fraction of sp³-hybridized carbons (Fsp3) is 0.0769. The number of halogens is 2. The fourth-order valence-corrected chi connectivity index (χ4v) is 4.42. The molecule has 1 amide bonds. The van der Waals surface area contributed by atoms with Gasteiger partial charge in [-0.25, -0.2) is 13.8 Å². The lowest BCUT2D eigenvalue weighted by Gasteiger charge is -2.11. The van der Waals surface area contributed by atoms with E-state index in [0.717, 1.165) is 22.6 Å². The van der Waals surface area contributed by atoms with E-state index in [9.17, 15) is 18.4 Å². The number of hydrogen-bond acceptors (Lipinski definition) is 5. The van der Waals surface area contributed by atoms with E-state index in [1.807, 2.05) is 47.8 Å². The normalized spacial score (nSPS) is 11.0. The van der Waals surface area contributed by atoms with E-state index in [1.54, 1.807) is 13.0 Å². The number of hydrogen-bond donors (Lipinski definition) is 2. The highest BCUT2D eigenvalue weighted by Gasteiger charge is 2.20. The van der Waals surface area contributed by atoms with Crippen LogP contribution in [0, 0.1) is 18.6 Å². The van der Waals surface area contributed by atoms with E-state index in [1.165, 1.54) is 16.0 Å². The molecule has 2 N–H and O–H groups in total. The predicted molar refractivity (Wildman–Crippen MR) is 134 cm³/mol. The van der Waals surface area contributed by atoms with E-state index >= 15 is 0 Å². The second kappa shape index (κ2) is 9.67. The highest BCUT2D eigenvalue weighted by atomic mass is 32.1. The molecule has 0 fully saturated rings. The number of carbonyl (C=O) groups excluding carboxylic acids is 1. The molecule has 5 rings (SSSR count). The van der Waals surface area contributed by atoms with E-state index < -0.39 is 17.5 Å². The number of thiophene rings is 1. The fourth-order valence-electron chi connectivity index (χ4n) is 3.74. The van der Waals surface area contributed by atoms with Crippen LogP contribution in [0.25, 0.3) is 16.5 Å². The highest BCUT2D eigenvalue weighted by Crippen LogP contribution is 2.28. The van der Waals surface area contributed by atoms with Crippen LogP contribution in [0.2, 0.25) is 0 Å². The third-order valence-corrected chi connectivity index (χ3v) is 6.43. The molecule has 7 nitrogen and oxygen atoms in total. The molecule has 0 bridgehead atoms. The van der Waals surface area contributed by atoms with Gasteiger partial charge in [-0.15, -0.1) is 11.3 Å². The molecule has 0 aliphatic heterocycles. The van der Waals surface area contributed by atoms with E-state index in [0.29, 0.717) is 29.4 Å². The third kappa shape index (κ3) is 4.71. The molecular formula is C26H19F2N5O2S. The summed E-state index contributed by atoms with van der Waals surface area (Å²) in [5, 5.41) is 9.01. The van der Waals surface area contributed by atoms with Crippen molar-refractivity contribution in [3.63, 3.8) is 0 Å². The number of nitrogens with one attached hydrogen (secondary N) is 2. The molecule has 2 aromatic carbocycles. The Bertz CT molecular complexity index is 1610. The summed E-state index contributed by atoms with van der Waals surface area (Å²) in [7, 11) is 0. The number of aromatic nitrogens is 4. The van der Waals surface area contributed by atoms with Gasteiger partial charge in [0.1, 0.15) is 23.1 Å². The zero-order chi connectivity index (χ0) is 25.2. The Hall–Kier alpha value is -4.44. The summed E-state index contributed by atoms with van der Waals surface area (Å²) in [5.41, 5.74) is 1.83. The van der Waals surface area contributed by atoms with Crippen LogP contribution in [0.5, 0.6) is 0 Å². The quantitative estimate of drug-likeness (QED) is 0.337. The Balaban J connectivity index is 1.54. The SMILES string of the molecule is Cc1nc(-n2nc(-c3cccs3)cc2NC(=O)c2ccc(F)cc2F)[nH]c(=O)c1Cc1ccccc1. The van der Waals surface area contributed by atoms with Gasteiger partial charge in [-0.05, 0) is 36.1 Å². The van der Waals surface area contributed by atoms with Gasteiger partial charge in [0.2, 0.25) is 5.95 Å². The Morgan fingerprint density at radius 2 is 1.89 bits per heavy atom. The van der Waals surface area contributed by atoms with Crippen molar-refractivity contribution in [2.45, 2.75) is 13.3 Å². The molecule has 3 heterocycles. The Morgan fingerprint density at radius 1 is 1.08 bits per heavy atom. The molecule has 0 aliphatic rings. The molecule has 0 aliphatic carbocycles. The average Bonchev–Trinajstić information content (AvgIpc) is 3.52. The van der Waals surface area contributed by atoms with Gasteiger partial charge >= 0.3 is 0 Å². The number of nitrogens with zero attached hydrogens (tertiary/aromatic N) is 3. The Morgan fingerprint density at radius 3 is 2.58 bits per heavy atom. The molecule has 180 valence electrons. The van der Waals surface area contributed by atoms with Gasteiger partial charge in [-0.1, -0.05) is 36.4 Å². The van der Waals surface area contributed by atoms with Crippen LogP contribution in [0.1, 0.15) is 27.2 Å². The summed E-state index contributed by atoms with van der Waals surface area (Å²) in [6.45, 7) is 1.73. The molecule has 0 spiro atoms. The number of carbonyl (C=O) groups is 1. The summed E-state index contributed by atoms with van der Waals surface area (Å²) < 4.78 is 28.8. The van der Waals surface area contributed by atoms with Crippen molar-refractivity contribution in [3.05, 3.63) is 116 Å². The molecular weight excluding hydrogens is 484 g/mol. The number of rotatable bonds is 6. The zero-order valence-corrected chi connectivity index (χ0v) is 19.8. The van der Waals surface area contributed by atoms with Gasteiger partial charge in [0.15, 0.2) is 0 Å². The first kappa shape index (κ1) is 23.3. The van der Waals surface area contributed by atoms with E-state index in [2.05, 4.69) is 20.4 Å². The standard InChI is InChI=1S/C26H19F2N5O2S/c1-15-19(12-16-6-3-2-4-7-16)25(35)31-26(29-15)33-23(14-21(32-33)22-8-5-11-36-22)30-24(34)18-10-9-17(27)13-20(18)28/h2-11,13-14H,12H2,1H3,(H,30,34)(H,29,31,35). The Labute approximate surface area is 208 Å². The second-order valence-electron chi connectivity index (χ2n) is 8.00. The molecule has 0 unspecified atom stereocenters. The van der Waals surface area contributed by atoms with Crippen LogP contribution in [0.15, 0.2) is 76.9 Å². The highest BCUT2D eigenvalue weighted by molar-refractivity contribution is 7.13. The molecule has 0 saturated carbocycles. The van der Waals surface area contributed by atoms with Gasteiger partial charge < -0.3 is 5.32 Å². The largest absolute Gasteiger partial charge is 0.306 e. The lowest BCUT2D eigenvalue weighted by atomic mass is 10.1. The monoisotopic (exact) mass is 503 g/mol. The van der Waals surface area contributed by atoms with Crippen molar-refractivity contribution in [1.82, 2.24) is 19.7 Å². The lowest BCUT2D eigenvalue weighted by Crippen LogP contribution is -2.22. The average molecular weight is 504 g/mol. The van der Waals surface area contributed by atoms with Crippen LogP contribution in [0.3, 0.4) is 0 Å². The van der Waals surface area contributed by atoms with Crippen LogP contribution in [-0.2, 0) is 6.42 Å². The van der Waals surface area contributed by atoms with Gasteiger partial charge in [0, 0.05) is 24.1 Å². The van der Waals surface area contributed by atoms with Crippen molar-refractivity contribution in [2.75, 3.05) is 5.32 Å². The predicted octanol–water partition coefficient (Wildman–Crippen LogP) is 5.11. The summed E-state index contributed by atoms with van der Waals surface area (Å²) in [6.07, 6.45) is 0.405. The number of aromatic amines is 1. The van der Waals surface area contributed by atoms with Crippen molar-refractivity contribution in [2.24, 2.45) is 0 Å². The number of benzene rings is 2. The zero-order valence-electron chi connectivity index (χ0n) is 19.0. The number of H-pyrrole nitrogens is 1. The summed E-state index contributed by atoms with van der Waals surface area (Å²) in [4.78, 5) is 33.9. The first-order valence-electron chi connectivity index (χ1n) is 10.9. The van der Waals surface area contributed by atoms with Crippen molar-refractivity contribution < 1.29 is 13.6 Å². The second-order valence-corrected chi connectivity index (χ2v) is 8.95. The van der Waals surface area contributed by atoms with Gasteiger partial charge in [0.25, 0.3) is 11.5 Å². The van der Waals surface area contributed by atoms with Crippen molar-refractivity contribution in [3.8, 4) is 16.5 Å². The lowest BCUT2D eigenvalue weighted by molar-refractivity contribution is 0.102. The maximum absolute atomic E-state index is 14.2. The van der Waals surface area contributed by atoms with Gasteiger partial charge in [0.05, 0.1) is 16.1 Å². The third-order valence-electron chi connectivity index (χ3n) is 5.53. The van der Waals surface area contributed by atoms with E-state index in [-0.39, 0.29) is 22.9 Å². The molecule has 36 heavy (non-hydrogen) atoms. The molecule has 5 aromatic rings. The summed E-state index contributed by atoms with van der Waals surface area (Å²) >= 11 is 1.44. The molecule has 0 saturated heterocycles. The maximum Gasteiger partial charge on any atom is 0.259 e. The molecule has 3 aromatic heterocycles. The minimum atomic E-state index is -0.996. The topological polar surface area (TPSA) is 92.7 Å². The minimum absolute atomic E-state index is 0.0898.